The van der Waals surface area contributed by atoms with Crippen LogP contribution in [0.15, 0.2) is 65.2 Å². The highest BCUT2D eigenvalue weighted by Crippen LogP contribution is 2.25. The van der Waals surface area contributed by atoms with Gasteiger partial charge >= 0.3 is 0 Å². The van der Waals surface area contributed by atoms with Crippen molar-refractivity contribution in [3.63, 3.8) is 0 Å². The lowest BCUT2D eigenvalue weighted by molar-refractivity contribution is 0.532. The molecule has 0 aliphatic rings. The van der Waals surface area contributed by atoms with Gasteiger partial charge in [0.15, 0.2) is 11.6 Å². The second kappa shape index (κ2) is 5.94. The summed E-state index contributed by atoms with van der Waals surface area (Å²) in [5, 5.41) is 0.607. The van der Waals surface area contributed by atoms with Crippen LogP contribution in [0.1, 0.15) is 11.5 Å². The highest BCUT2D eigenvalue weighted by Gasteiger charge is 2.10. The van der Waals surface area contributed by atoms with E-state index in [0.29, 0.717) is 16.3 Å². The molecule has 1 aromatic heterocycles. The quantitative estimate of drug-likeness (QED) is 0.641. The van der Waals surface area contributed by atoms with Crippen molar-refractivity contribution < 1.29 is 8.81 Å². The van der Waals surface area contributed by atoms with Crippen molar-refractivity contribution in [2.75, 3.05) is 0 Å². The molecule has 0 N–H and O–H groups in total. The van der Waals surface area contributed by atoms with Crippen LogP contribution in [0, 0.1) is 0 Å². The predicted molar refractivity (Wildman–Crippen MR) is 82.4 cm³/mol. The number of oxazole rings is 1. The lowest BCUT2D eigenvalue weighted by Gasteiger charge is -1.96. The third kappa shape index (κ3) is 3.20. The fourth-order valence-electron chi connectivity index (χ4n) is 1.89. The average molecular weight is 300 g/mol. The van der Waals surface area contributed by atoms with E-state index in [1.807, 2.05) is 30.3 Å². The Morgan fingerprint density at radius 3 is 2.48 bits per heavy atom. The number of nitrogens with zero attached hydrogens (tertiary/aromatic N) is 1. The highest BCUT2D eigenvalue weighted by atomic mass is 35.5. The third-order valence-corrected chi connectivity index (χ3v) is 3.18. The Hall–Kier alpha value is -2.39. The van der Waals surface area contributed by atoms with Gasteiger partial charge in [0.1, 0.15) is 0 Å². The minimum Gasteiger partial charge on any atom is -0.434 e. The summed E-state index contributed by atoms with van der Waals surface area (Å²) >= 11 is 5.79. The molecule has 2 aromatic carbocycles. The van der Waals surface area contributed by atoms with Gasteiger partial charge in [-0.15, -0.1) is 0 Å². The molecule has 0 aliphatic carbocycles. The number of hydrogen-bond donors (Lipinski definition) is 0. The first-order valence-corrected chi connectivity index (χ1v) is 6.74. The maximum atomic E-state index is 14.1. The number of aromatic nitrogens is 1. The lowest BCUT2D eigenvalue weighted by Crippen LogP contribution is -1.78. The van der Waals surface area contributed by atoms with Crippen molar-refractivity contribution >= 4 is 23.5 Å². The first kappa shape index (κ1) is 13.6. The van der Waals surface area contributed by atoms with Crippen LogP contribution in [-0.2, 0) is 0 Å². The van der Waals surface area contributed by atoms with E-state index in [-0.39, 0.29) is 5.89 Å². The monoisotopic (exact) mass is 299 g/mol. The van der Waals surface area contributed by atoms with E-state index in [2.05, 4.69) is 4.98 Å². The van der Waals surface area contributed by atoms with Crippen molar-refractivity contribution in [2.45, 2.75) is 0 Å². The second-order valence-corrected chi connectivity index (χ2v) is 4.88. The largest absolute Gasteiger partial charge is 0.434 e. The van der Waals surface area contributed by atoms with Crippen LogP contribution >= 0.6 is 11.6 Å². The molecule has 0 fully saturated rings. The molecule has 4 heteroatoms. The van der Waals surface area contributed by atoms with Crippen molar-refractivity contribution in [3.8, 4) is 11.3 Å². The maximum Gasteiger partial charge on any atom is 0.256 e. The van der Waals surface area contributed by atoms with Gasteiger partial charge in [-0.1, -0.05) is 54.1 Å². The molecule has 2 nitrogen and oxygen atoms in total. The van der Waals surface area contributed by atoms with Crippen molar-refractivity contribution in [3.05, 3.63) is 77.3 Å². The van der Waals surface area contributed by atoms with E-state index in [1.54, 1.807) is 24.3 Å². The van der Waals surface area contributed by atoms with Crippen LogP contribution in [0.2, 0.25) is 5.02 Å². The molecule has 104 valence electrons. The summed E-state index contributed by atoms with van der Waals surface area (Å²) in [5.74, 6) is -0.0337. The molecule has 3 aromatic rings. The van der Waals surface area contributed by atoms with Crippen molar-refractivity contribution in [1.29, 1.82) is 0 Å². The Labute approximate surface area is 126 Å². The summed E-state index contributed by atoms with van der Waals surface area (Å²) in [4.78, 5) is 3.97. The van der Waals surface area contributed by atoms with Gasteiger partial charge in [0.05, 0.1) is 6.20 Å². The van der Waals surface area contributed by atoms with Crippen molar-refractivity contribution in [1.82, 2.24) is 4.98 Å². The molecule has 0 atom stereocenters. The van der Waals surface area contributed by atoms with Gasteiger partial charge in [0.25, 0.3) is 5.89 Å². The Balaban J connectivity index is 1.87. The zero-order chi connectivity index (χ0) is 14.7. The van der Waals surface area contributed by atoms with E-state index in [4.69, 9.17) is 16.0 Å². The summed E-state index contributed by atoms with van der Waals surface area (Å²) in [6.07, 6.45) is 2.87. The molecule has 3 rings (SSSR count). The minimum atomic E-state index is -0.528. The first-order chi connectivity index (χ1) is 10.2. The molecule has 0 radical (unpaired) electrons. The normalized spacial score (nSPS) is 11.6. The van der Waals surface area contributed by atoms with Gasteiger partial charge in [-0.2, -0.15) is 0 Å². The molecule has 1 heterocycles. The minimum absolute atomic E-state index is 0.0381. The van der Waals surface area contributed by atoms with Crippen LogP contribution in [-0.4, -0.2) is 4.98 Å². The van der Waals surface area contributed by atoms with E-state index >= 15 is 0 Å². The lowest BCUT2D eigenvalue weighted by atomic mass is 10.2. The topological polar surface area (TPSA) is 26.0 Å². The summed E-state index contributed by atoms with van der Waals surface area (Å²) < 4.78 is 19.6. The summed E-state index contributed by atoms with van der Waals surface area (Å²) in [7, 11) is 0. The van der Waals surface area contributed by atoms with Crippen LogP contribution in [0.3, 0.4) is 0 Å². The van der Waals surface area contributed by atoms with Gasteiger partial charge in [0, 0.05) is 10.6 Å². The van der Waals surface area contributed by atoms with Gasteiger partial charge in [-0.3, -0.25) is 0 Å². The molecule has 0 saturated heterocycles. The predicted octanol–water partition coefficient (Wildman–Crippen LogP) is 5.46. The Kier molecular flexibility index (Phi) is 3.84. The molecule has 0 saturated carbocycles. The van der Waals surface area contributed by atoms with E-state index in [0.717, 1.165) is 5.56 Å². The van der Waals surface area contributed by atoms with Gasteiger partial charge < -0.3 is 4.42 Å². The molecule has 0 unspecified atom stereocenters. The van der Waals surface area contributed by atoms with Crippen LogP contribution in [0.5, 0.6) is 0 Å². The number of halogens is 2. The second-order valence-electron chi connectivity index (χ2n) is 4.44. The molecule has 21 heavy (non-hydrogen) atoms. The van der Waals surface area contributed by atoms with E-state index < -0.39 is 5.83 Å². The van der Waals surface area contributed by atoms with Gasteiger partial charge in [0.2, 0.25) is 0 Å². The van der Waals surface area contributed by atoms with E-state index in [1.165, 1.54) is 12.3 Å². The van der Waals surface area contributed by atoms with Crippen LogP contribution in [0.25, 0.3) is 23.2 Å². The standard InChI is InChI=1S/C17H11ClFNO/c18-14-8-6-12(7-9-14)10-15(19)17-20-11-16(21-17)13-4-2-1-3-5-13/h1-11H/b15-10-. The van der Waals surface area contributed by atoms with Crippen LogP contribution in [0.4, 0.5) is 4.39 Å². The molecule has 0 aliphatic heterocycles. The summed E-state index contributed by atoms with van der Waals surface area (Å²) in [6, 6.07) is 16.3. The number of hydrogen-bond acceptors (Lipinski definition) is 2. The highest BCUT2D eigenvalue weighted by molar-refractivity contribution is 6.30. The molecule has 0 bridgehead atoms. The number of benzene rings is 2. The molecule has 0 spiro atoms. The fraction of sp³-hybridized carbons (Fsp3) is 0. The molecular weight excluding hydrogens is 289 g/mol. The summed E-state index contributed by atoms with van der Waals surface area (Å²) in [6.45, 7) is 0. The SMILES string of the molecule is F/C(=C\c1ccc(Cl)cc1)c1ncc(-c2ccccc2)o1. The van der Waals surface area contributed by atoms with Crippen LogP contribution < -0.4 is 0 Å². The Bertz CT molecular complexity index is 763. The smallest absolute Gasteiger partial charge is 0.256 e. The zero-order valence-electron chi connectivity index (χ0n) is 11.0. The van der Waals surface area contributed by atoms with E-state index in [9.17, 15) is 4.39 Å². The van der Waals surface area contributed by atoms with Gasteiger partial charge in [-0.25, -0.2) is 9.37 Å². The fourth-order valence-corrected chi connectivity index (χ4v) is 2.01. The summed E-state index contributed by atoms with van der Waals surface area (Å²) in [5.41, 5.74) is 1.55. The molecular formula is C17H11ClFNO. The third-order valence-electron chi connectivity index (χ3n) is 2.93. The van der Waals surface area contributed by atoms with Crippen molar-refractivity contribution in [2.24, 2.45) is 0 Å². The van der Waals surface area contributed by atoms with Gasteiger partial charge in [-0.05, 0) is 23.8 Å². The number of rotatable bonds is 3. The zero-order valence-corrected chi connectivity index (χ0v) is 11.7. The Morgan fingerprint density at radius 1 is 1.05 bits per heavy atom. The average Bonchev–Trinajstić information content (AvgIpc) is 3.00. The Morgan fingerprint density at radius 2 is 1.76 bits per heavy atom. The molecule has 0 amide bonds. The first-order valence-electron chi connectivity index (χ1n) is 6.37. The maximum absolute atomic E-state index is 14.1.